The Kier molecular flexibility index (Phi) is 4.88. The first kappa shape index (κ1) is 16.7. The smallest absolute Gasteiger partial charge is 0.264 e. The quantitative estimate of drug-likeness (QED) is 0.770. The van der Waals surface area contributed by atoms with Crippen LogP contribution < -0.4 is 4.74 Å². The lowest BCUT2D eigenvalue weighted by molar-refractivity contribution is -0.142. The topological polar surface area (TPSA) is 54.6 Å². The molecule has 0 aliphatic carbocycles. The Morgan fingerprint density at radius 1 is 1.08 bits per heavy atom. The van der Waals surface area contributed by atoms with Gasteiger partial charge in [-0.1, -0.05) is 42.5 Å². The number of carbonyl (C=O) groups excluding carboxylic acids is 1. The van der Waals surface area contributed by atoms with Crippen LogP contribution in [-0.4, -0.2) is 48.2 Å². The molecule has 1 fully saturated rings. The summed E-state index contributed by atoms with van der Waals surface area (Å²) < 4.78 is 11.6. The highest BCUT2D eigenvalue weighted by Crippen LogP contribution is 2.26. The van der Waals surface area contributed by atoms with Crippen LogP contribution in [0.1, 0.15) is 5.56 Å². The fourth-order valence-corrected chi connectivity index (χ4v) is 3.30. The molecule has 134 valence electrons. The summed E-state index contributed by atoms with van der Waals surface area (Å²) in [6.07, 6.45) is 1.85. The maximum atomic E-state index is 13.1. The molecule has 0 saturated carbocycles. The highest BCUT2D eigenvalue weighted by atomic mass is 16.5. The fraction of sp³-hybridized carbons (Fsp3) is 0.286. The minimum absolute atomic E-state index is 0.0145. The summed E-state index contributed by atoms with van der Waals surface area (Å²) in [7, 11) is 0. The number of aromatic nitrogens is 1. The molecule has 1 aliphatic heterocycles. The zero-order valence-electron chi connectivity index (χ0n) is 14.6. The van der Waals surface area contributed by atoms with Crippen LogP contribution >= 0.6 is 0 Å². The van der Waals surface area contributed by atoms with Crippen LogP contribution in [0, 0.1) is 0 Å². The summed E-state index contributed by atoms with van der Waals surface area (Å²) in [5, 5.41) is 1.07. The molecule has 1 aromatic heterocycles. The molecule has 26 heavy (non-hydrogen) atoms. The first-order valence-corrected chi connectivity index (χ1v) is 8.94. The lowest BCUT2D eigenvalue weighted by atomic mass is 10.1. The number of nitrogens with zero attached hydrogens (tertiary/aromatic N) is 1. The number of nitrogens with one attached hydrogen (secondary N) is 1. The number of fused-ring (bicyclic) bond motifs is 1. The number of amides is 1. The highest BCUT2D eigenvalue weighted by molar-refractivity contribution is 5.86. The molecule has 2 aromatic carbocycles. The van der Waals surface area contributed by atoms with Gasteiger partial charge in [0.05, 0.1) is 18.7 Å². The Morgan fingerprint density at radius 3 is 2.69 bits per heavy atom. The van der Waals surface area contributed by atoms with Crippen LogP contribution in [0.5, 0.6) is 5.75 Å². The van der Waals surface area contributed by atoms with Gasteiger partial charge < -0.3 is 19.4 Å². The molecule has 1 saturated heterocycles. The Labute approximate surface area is 152 Å². The van der Waals surface area contributed by atoms with Gasteiger partial charge in [-0.2, -0.15) is 0 Å². The predicted molar refractivity (Wildman–Crippen MR) is 100 cm³/mol. The molecule has 1 amide bonds. The van der Waals surface area contributed by atoms with Crippen molar-refractivity contribution in [1.29, 1.82) is 0 Å². The fourth-order valence-electron chi connectivity index (χ4n) is 3.30. The van der Waals surface area contributed by atoms with Gasteiger partial charge in [-0.15, -0.1) is 0 Å². The lowest BCUT2D eigenvalue weighted by Crippen LogP contribution is -2.48. The Hall–Kier alpha value is -2.79. The minimum atomic E-state index is -0.565. The molecule has 0 spiro atoms. The summed E-state index contributed by atoms with van der Waals surface area (Å²) in [5.41, 5.74) is 2.00. The Balaban J connectivity index is 1.61. The monoisotopic (exact) mass is 350 g/mol. The van der Waals surface area contributed by atoms with E-state index in [-0.39, 0.29) is 5.91 Å². The van der Waals surface area contributed by atoms with Crippen molar-refractivity contribution in [3.05, 3.63) is 66.4 Å². The van der Waals surface area contributed by atoms with Gasteiger partial charge >= 0.3 is 0 Å². The predicted octanol–water partition coefficient (Wildman–Crippen LogP) is 3.02. The molecule has 1 aliphatic rings. The van der Waals surface area contributed by atoms with Gasteiger partial charge in [0.15, 0.2) is 6.10 Å². The summed E-state index contributed by atoms with van der Waals surface area (Å²) in [5.74, 6) is 0.718. The second-order valence-corrected chi connectivity index (χ2v) is 6.43. The zero-order chi connectivity index (χ0) is 17.8. The lowest BCUT2D eigenvalue weighted by Gasteiger charge is -2.30. The van der Waals surface area contributed by atoms with E-state index in [1.165, 1.54) is 0 Å². The number of rotatable bonds is 5. The summed E-state index contributed by atoms with van der Waals surface area (Å²) in [6.45, 7) is 2.38. The minimum Gasteiger partial charge on any atom is -0.478 e. The normalized spacial score (nSPS) is 15.8. The highest BCUT2D eigenvalue weighted by Gasteiger charge is 2.28. The van der Waals surface area contributed by atoms with Crippen LogP contribution in [0.25, 0.3) is 10.9 Å². The van der Waals surface area contributed by atoms with Crippen molar-refractivity contribution in [3.8, 4) is 5.75 Å². The van der Waals surface area contributed by atoms with Gasteiger partial charge in [-0.05, 0) is 17.7 Å². The average molecular weight is 350 g/mol. The first-order chi connectivity index (χ1) is 12.8. The summed E-state index contributed by atoms with van der Waals surface area (Å²) in [4.78, 5) is 18.2. The molecule has 4 rings (SSSR count). The van der Waals surface area contributed by atoms with E-state index in [9.17, 15) is 4.79 Å². The van der Waals surface area contributed by atoms with Gasteiger partial charge in [0.25, 0.3) is 5.91 Å². The maximum absolute atomic E-state index is 13.1. The molecule has 5 heteroatoms. The third-order valence-electron chi connectivity index (χ3n) is 4.68. The number of morpholine rings is 1. The van der Waals surface area contributed by atoms with Gasteiger partial charge in [-0.3, -0.25) is 4.79 Å². The van der Waals surface area contributed by atoms with E-state index in [1.807, 2.05) is 65.7 Å². The van der Waals surface area contributed by atoms with Gasteiger partial charge in [-0.25, -0.2) is 0 Å². The van der Waals surface area contributed by atoms with Crippen molar-refractivity contribution in [1.82, 2.24) is 9.88 Å². The largest absolute Gasteiger partial charge is 0.478 e. The SMILES string of the molecule is O=C([C@H](Cc1ccccc1)Oc1cccc2cc[nH]c12)N1CCOCC1. The first-order valence-electron chi connectivity index (χ1n) is 8.94. The van der Waals surface area contributed by atoms with E-state index in [2.05, 4.69) is 4.98 Å². The van der Waals surface area contributed by atoms with E-state index in [0.717, 1.165) is 16.5 Å². The molecule has 1 atom stereocenters. The van der Waals surface area contributed by atoms with Crippen LogP contribution in [0.2, 0.25) is 0 Å². The molecule has 1 N–H and O–H groups in total. The number of benzene rings is 2. The molecule has 0 unspecified atom stereocenters. The standard InChI is InChI=1S/C21H22N2O3/c24-21(23-11-13-25-14-12-23)19(15-16-5-2-1-3-6-16)26-18-8-4-7-17-9-10-22-20(17)18/h1-10,19,22H,11-15H2/t19-/m0/s1. The van der Waals surface area contributed by atoms with E-state index >= 15 is 0 Å². The summed E-state index contributed by atoms with van der Waals surface area (Å²) in [6, 6.07) is 17.9. The van der Waals surface area contributed by atoms with Crippen LogP contribution in [0.15, 0.2) is 60.8 Å². The Bertz CT molecular complexity index is 869. The number of para-hydroxylation sites is 1. The molecule has 2 heterocycles. The Morgan fingerprint density at radius 2 is 1.88 bits per heavy atom. The van der Waals surface area contributed by atoms with Crippen molar-refractivity contribution < 1.29 is 14.3 Å². The number of aromatic amines is 1. The molecule has 0 radical (unpaired) electrons. The maximum Gasteiger partial charge on any atom is 0.264 e. The number of hydrogen-bond acceptors (Lipinski definition) is 3. The van der Waals surface area contributed by atoms with Gasteiger partial charge in [0, 0.05) is 31.1 Å². The number of carbonyl (C=O) groups is 1. The van der Waals surface area contributed by atoms with Crippen molar-refractivity contribution in [2.24, 2.45) is 0 Å². The van der Waals surface area contributed by atoms with Crippen molar-refractivity contribution in [3.63, 3.8) is 0 Å². The second kappa shape index (κ2) is 7.62. The molecular formula is C21H22N2O3. The van der Waals surface area contributed by atoms with Gasteiger partial charge in [0.2, 0.25) is 0 Å². The zero-order valence-corrected chi connectivity index (χ0v) is 14.6. The average Bonchev–Trinajstić information content (AvgIpc) is 3.18. The molecule has 0 bridgehead atoms. The van der Waals surface area contributed by atoms with E-state index in [4.69, 9.17) is 9.47 Å². The van der Waals surface area contributed by atoms with E-state index < -0.39 is 6.10 Å². The van der Waals surface area contributed by atoms with Crippen molar-refractivity contribution in [2.45, 2.75) is 12.5 Å². The number of ether oxygens (including phenoxy) is 2. The van der Waals surface area contributed by atoms with Crippen LogP contribution in [0.4, 0.5) is 0 Å². The number of hydrogen-bond donors (Lipinski definition) is 1. The van der Waals surface area contributed by atoms with Crippen molar-refractivity contribution in [2.75, 3.05) is 26.3 Å². The third kappa shape index (κ3) is 3.58. The molecule has 3 aromatic rings. The van der Waals surface area contributed by atoms with Crippen molar-refractivity contribution >= 4 is 16.8 Å². The van der Waals surface area contributed by atoms with Crippen LogP contribution in [0.3, 0.4) is 0 Å². The number of H-pyrrole nitrogens is 1. The van der Waals surface area contributed by atoms with Crippen LogP contribution in [-0.2, 0) is 16.0 Å². The van der Waals surface area contributed by atoms with Gasteiger partial charge in [0.1, 0.15) is 5.75 Å². The third-order valence-corrected chi connectivity index (χ3v) is 4.68. The summed E-state index contributed by atoms with van der Waals surface area (Å²) >= 11 is 0. The molecular weight excluding hydrogens is 328 g/mol. The second-order valence-electron chi connectivity index (χ2n) is 6.43. The van der Waals surface area contributed by atoms with E-state index in [1.54, 1.807) is 0 Å². The molecule has 5 nitrogen and oxygen atoms in total. The van der Waals surface area contributed by atoms with E-state index in [0.29, 0.717) is 38.5 Å².